The van der Waals surface area contributed by atoms with Crippen LogP contribution in [0.3, 0.4) is 0 Å². The molecule has 0 unspecified atom stereocenters. The van der Waals surface area contributed by atoms with Gasteiger partial charge in [-0.2, -0.15) is 0 Å². The first-order valence-corrected chi connectivity index (χ1v) is 9.26. The minimum absolute atomic E-state index is 0.502. The number of aryl methyl sites for hydroxylation is 1. The van der Waals surface area contributed by atoms with Crippen LogP contribution in [0, 0.1) is 6.92 Å². The molecule has 0 spiro atoms. The molecule has 4 rings (SSSR count). The van der Waals surface area contributed by atoms with Crippen molar-refractivity contribution in [3.63, 3.8) is 0 Å². The van der Waals surface area contributed by atoms with Crippen molar-refractivity contribution in [1.29, 1.82) is 0 Å². The van der Waals surface area contributed by atoms with Crippen molar-refractivity contribution in [3.8, 4) is 11.4 Å². The number of hydrogen-bond donors (Lipinski definition) is 1. The average Bonchev–Trinajstić information content (AvgIpc) is 3.11. The van der Waals surface area contributed by atoms with Crippen LogP contribution >= 0.6 is 11.6 Å². The Hall–Kier alpha value is -2.31. The average molecular weight is 369 g/mol. The van der Waals surface area contributed by atoms with Crippen LogP contribution < -0.4 is 5.32 Å². The van der Waals surface area contributed by atoms with E-state index in [9.17, 15) is 0 Å². The maximum Gasteiger partial charge on any atom is 0.159 e. The second-order valence-electron chi connectivity index (χ2n) is 6.70. The molecule has 3 aromatic rings. The molecular formula is C19H21ClN6. The molecule has 134 valence electrons. The number of piperidine rings is 1. The van der Waals surface area contributed by atoms with Crippen LogP contribution in [0.4, 0.5) is 0 Å². The zero-order chi connectivity index (χ0) is 17.9. The largest absolute Gasteiger partial charge is 0.317 e. The van der Waals surface area contributed by atoms with Gasteiger partial charge in [-0.25, -0.2) is 14.6 Å². The third kappa shape index (κ3) is 3.92. The second kappa shape index (κ2) is 7.51. The molecule has 1 fully saturated rings. The highest BCUT2D eigenvalue weighted by Gasteiger charge is 2.18. The summed E-state index contributed by atoms with van der Waals surface area (Å²) in [6, 6.07) is 9.57. The molecule has 0 atom stereocenters. The molecule has 3 heterocycles. The van der Waals surface area contributed by atoms with Gasteiger partial charge in [0.1, 0.15) is 0 Å². The molecule has 0 bridgehead atoms. The van der Waals surface area contributed by atoms with Crippen LogP contribution in [0.1, 0.15) is 35.8 Å². The fourth-order valence-corrected chi connectivity index (χ4v) is 3.43. The minimum Gasteiger partial charge on any atom is -0.317 e. The Morgan fingerprint density at radius 2 is 1.92 bits per heavy atom. The Bertz CT molecular complexity index is 883. The molecule has 1 aliphatic rings. The van der Waals surface area contributed by atoms with Crippen molar-refractivity contribution in [1.82, 2.24) is 30.3 Å². The Morgan fingerprint density at radius 3 is 2.69 bits per heavy atom. The first-order valence-electron chi connectivity index (χ1n) is 8.88. The van der Waals surface area contributed by atoms with Gasteiger partial charge in [-0.1, -0.05) is 16.8 Å². The molecule has 0 radical (unpaired) electrons. The zero-order valence-electron chi connectivity index (χ0n) is 14.7. The molecule has 0 saturated carbocycles. The lowest BCUT2D eigenvalue weighted by molar-refractivity contribution is 0.453. The van der Waals surface area contributed by atoms with Gasteiger partial charge in [-0.15, -0.1) is 5.10 Å². The van der Waals surface area contributed by atoms with Gasteiger partial charge in [0.15, 0.2) is 5.82 Å². The first-order chi connectivity index (χ1) is 12.7. The van der Waals surface area contributed by atoms with E-state index in [1.165, 1.54) is 0 Å². The second-order valence-corrected chi connectivity index (χ2v) is 7.13. The quantitative estimate of drug-likeness (QED) is 0.765. The van der Waals surface area contributed by atoms with Crippen LogP contribution in [-0.4, -0.2) is 38.1 Å². The van der Waals surface area contributed by atoms with Crippen LogP contribution in [0.2, 0.25) is 5.02 Å². The summed E-state index contributed by atoms with van der Waals surface area (Å²) < 4.78 is 1.87. The van der Waals surface area contributed by atoms with Gasteiger partial charge in [0, 0.05) is 28.4 Å². The number of nitrogens with zero attached hydrogens (tertiary/aromatic N) is 5. The summed E-state index contributed by atoms with van der Waals surface area (Å²) in [5, 5.41) is 12.8. The van der Waals surface area contributed by atoms with E-state index in [1.807, 2.05) is 41.9 Å². The van der Waals surface area contributed by atoms with Crippen LogP contribution in [0.15, 0.2) is 36.5 Å². The highest BCUT2D eigenvalue weighted by Crippen LogP contribution is 2.23. The van der Waals surface area contributed by atoms with E-state index in [0.29, 0.717) is 23.3 Å². The van der Waals surface area contributed by atoms with Gasteiger partial charge in [0.2, 0.25) is 0 Å². The fourth-order valence-electron chi connectivity index (χ4n) is 3.30. The predicted octanol–water partition coefficient (Wildman–Crippen LogP) is 3.21. The fraction of sp³-hybridized carbons (Fsp3) is 0.368. The van der Waals surface area contributed by atoms with Gasteiger partial charge in [0.25, 0.3) is 0 Å². The molecule has 6 nitrogen and oxygen atoms in total. The van der Waals surface area contributed by atoms with Crippen molar-refractivity contribution >= 4 is 11.6 Å². The van der Waals surface area contributed by atoms with Crippen molar-refractivity contribution in [2.45, 2.75) is 32.2 Å². The van der Waals surface area contributed by atoms with E-state index in [-0.39, 0.29) is 0 Å². The predicted molar refractivity (Wildman–Crippen MR) is 101 cm³/mol. The molecule has 1 saturated heterocycles. The van der Waals surface area contributed by atoms with Crippen molar-refractivity contribution in [3.05, 3.63) is 58.6 Å². The van der Waals surface area contributed by atoms with E-state index in [2.05, 4.69) is 26.8 Å². The number of benzene rings is 1. The summed E-state index contributed by atoms with van der Waals surface area (Å²) in [6.45, 7) is 4.66. The molecule has 1 aliphatic heterocycles. The maximum absolute atomic E-state index is 5.97. The SMILES string of the molecule is Cc1cc(Cn2cc(C3CCNCC3)nn2)nc(-c2ccc(Cl)cc2)n1. The lowest BCUT2D eigenvalue weighted by Crippen LogP contribution is -2.26. The highest BCUT2D eigenvalue weighted by molar-refractivity contribution is 6.30. The Labute approximate surface area is 157 Å². The Balaban J connectivity index is 1.55. The molecule has 0 aliphatic carbocycles. The van der Waals surface area contributed by atoms with Crippen molar-refractivity contribution in [2.24, 2.45) is 0 Å². The van der Waals surface area contributed by atoms with E-state index in [1.54, 1.807) is 0 Å². The molecule has 26 heavy (non-hydrogen) atoms. The van der Waals surface area contributed by atoms with Gasteiger partial charge in [-0.05, 0) is 63.2 Å². The van der Waals surface area contributed by atoms with E-state index >= 15 is 0 Å². The topological polar surface area (TPSA) is 68.5 Å². The third-order valence-electron chi connectivity index (χ3n) is 4.65. The van der Waals surface area contributed by atoms with E-state index in [4.69, 9.17) is 16.6 Å². The van der Waals surface area contributed by atoms with Crippen LogP contribution in [-0.2, 0) is 6.54 Å². The van der Waals surface area contributed by atoms with E-state index in [0.717, 1.165) is 48.6 Å². The van der Waals surface area contributed by atoms with Gasteiger partial charge >= 0.3 is 0 Å². The maximum atomic E-state index is 5.97. The molecule has 2 aromatic heterocycles. The van der Waals surface area contributed by atoms with Gasteiger partial charge in [0.05, 0.1) is 17.9 Å². The lowest BCUT2D eigenvalue weighted by atomic mass is 9.95. The molecule has 7 heteroatoms. The zero-order valence-corrected chi connectivity index (χ0v) is 15.4. The highest BCUT2D eigenvalue weighted by atomic mass is 35.5. The van der Waals surface area contributed by atoms with Crippen LogP contribution in [0.5, 0.6) is 0 Å². The summed E-state index contributed by atoms with van der Waals surface area (Å²) >= 11 is 5.97. The van der Waals surface area contributed by atoms with Crippen LogP contribution in [0.25, 0.3) is 11.4 Å². The summed E-state index contributed by atoms with van der Waals surface area (Å²) in [5.74, 6) is 1.21. The molecular weight excluding hydrogens is 348 g/mol. The van der Waals surface area contributed by atoms with Crippen molar-refractivity contribution < 1.29 is 0 Å². The number of halogens is 1. The van der Waals surface area contributed by atoms with Crippen molar-refractivity contribution in [2.75, 3.05) is 13.1 Å². The summed E-state index contributed by atoms with van der Waals surface area (Å²) in [7, 11) is 0. The van der Waals surface area contributed by atoms with Gasteiger partial charge < -0.3 is 5.32 Å². The summed E-state index contributed by atoms with van der Waals surface area (Å²) in [4.78, 5) is 9.25. The first kappa shape index (κ1) is 17.1. The summed E-state index contributed by atoms with van der Waals surface area (Å²) in [6.07, 6.45) is 4.29. The Morgan fingerprint density at radius 1 is 1.15 bits per heavy atom. The molecule has 1 N–H and O–H groups in total. The smallest absolute Gasteiger partial charge is 0.159 e. The number of nitrogens with one attached hydrogen (secondary N) is 1. The molecule has 1 aromatic carbocycles. The monoisotopic (exact) mass is 368 g/mol. The van der Waals surface area contributed by atoms with Gasteiger partial charge in [-0.3, -0.25) is 0 Å². The normalized spacial score (nSPS) is 15.3. The number of hydrogen-bond acceptors (Lipinski definition) is 5. The Kier molecular flexibility index (Phi) is 4.95. The third-order valence-corrected chi connectivity index (χ3v) is 4.90. The minimum atomic E-state index is 0.502. The standard InChI is InChI=1S/C19H21ClN6/c1-13-10-17(23-19(22-13)15-2-4-16(20)5-3-15)11-26-12-18(24-25-26)14-6-8-21-9-7-14/h2-5,10,12,14,21H,6-9,11H2,1H3. The summed E-state index contributed by atoms with van der Waals surface area (Å²) in [5.41, 5.74) is 3.88. The number of aromatic nitrogens is 5. The lowest BCUT2D eigenvalue weighted by Gasteiger charge is -2.20. The van der Waals surface area contributed by atoms with E-state index < -0.39 is 0 Å². The number of rotatable bonds is 4. The molecule has 0 amide bonds.